The van der Waals surface area contributed by atoms with Crippen LogP contribution in [0.5, 0.6) is 0 Å². The average Bonchev–Trinajstić information content (AvgIpc) is 2.50. The molecule has 0 amide bonds. The molecule has 0 nitrogen and oxygen atoms in total. The summed E-state index contributed by atoms with van der Waals surface area (Å²) in [5.74, 6) is -0.518. The fourth-order valence-corrected chi connectivity index (χ4v) is 2.91. The maximum atomic E-state index is 13.4. The van der Waals surface area contributed by atoms with Gasteiger partial charge in [0.1, 0.15) is 5.82 Å². The lowest BCUT2D eigenvalue weighted by Gasteiger charge is -2.18. The van der Waals surface area contributed by atoms with Gasteiger partial charge in [0.05, 0.1) is 5.56 Å². The van der Waals surface area contributed by atoms with Gasteiger partial charge < -0.3 is 0 Å². The summed E-state index contributed by atoms with van der Waals surface area (Å²) in [5.41, 5.74) is 0.422. The molecule has 3 heteroatoms. The van der Waals surface area contributed by atoms with Gasteiger partial charge in [0, 0.05) is 0 Å². The van der Waals surface area contributed by atoms with Crippen LogP contribution in [0.4, 0.5) is 13.2 Å². The number of unbranched alkanes of at least 4 members (excludes halogenated alkanes) is 5. The molecule has 1 atom stereocenters. The van der Waals surface area contributed by atoms with Gasteiger partial charge in [0.15, 0.2) is 0 Å². The summed E-state index contributed by atoms with van der Waals surface area (Å²) in [4.78, 5) is 0. The summed E-state index contributed by atoms with van der Waals surface area (Å²) in [7, 11) is 0. The van der Waals surface area contributed by atoms with E-state index in [1.807, 2.05) is 0 Å². The van der Waals surface area contributed by atoms with E-state index in [0.717, 1.165) is 37.7 Å². The van der Waals surface area contributed by atoms with Gasteiger partial charge >= 0.3 is 0 Å². The maximum Gasteiger partial charge on any atom is 0.266 e. The highest BCUT2D eigenvalue weighted by Crippen LogP contribution is 2.32. The highest BCUT2D eigenvalue weighted by Gasteiger charge is 2.17. The number of rotatable bonds is 11. The van der Waals surface area contributed by atoms with E-state index >= 15 is 0 Å². The first kappa shape index (κ1) is 19.1. The SMILES string of the molecule is CCCCCCCC(CCCC)c1ccc(F)c(C(F)F)c1. The molecule has 0 bridgehead atoms. The van der Waals surface area contributed by atoms with E-state index in [2.05, 4.69) is 13.8 Å². The Labute approximate surface area is 133 Å². The second-order valence-electron chi connectivity index (χ2n) is 6.12. The molecule has 1 aromatic rings. The zero-order valence-electron chi connectivity index (χ0n) is 13.9. The first-order valence-corrected chi connectivity index (χ1v) is 8.67. The van der Waals surface area contributed by atoms with Gasteiger partial charge in [-0.1, -0.05) is 64.9 Å². The van der Waals surface area contributed by atoms with Gasteiger partial charge in [-0.05, 0) is 36.5 Å². The molecule has 0 radical (unpaired) electrons. The topological polar surface area (TPSA) is 0 Å². The molecule has 0 aliphatic carbocycles. The van der Waals surface area contributed by atoms with Gasteiger partial charge in [-0.25, -0.2) is 13.2 Å². The highest BCUT2D eigenvalue weighted by atomic mass is 19.3. The lowest BCUT2D eigenvalue weighted by Crippen LogP contribution is -2.02. The minimum atomic E-state index is -2.74. The summed E-state index contributed by atoms with van der Waals surface area (Å²) in [6.45, 7) is 4.32. The van der Waals surface area contributed by atoms with E-state index < -0.39 is 17.8 Å². The lowest BCUT2D eigenvalue weighted by molar-refractivity contribution is 0.146. The minimum Gasteiger partial charge on any atom is -0.206 e. The summed E-state index contributed by atoms with van der Waals surface area (Å²) < 4.78 is 39.2. The van der Waals surface area contributed by atoms with Crippen LogP contribution in [0.15, 0.2) is 18.2 Å². The second-order valence-corrected chi connectivity index (χ2v) is 6.12. The molecule has 0 saturated heterocycles. The van der Waals surface area contributed by atoms with Crippen molar-refractivity contribution in [3.63, 3.8) is 0 Å². The normalized spacial score (nSPS) is 12.8. The van der Waals surface area contributed by atoms with Crippen molar-refractivity contribution in [1.82, 2.24) is 0 Å². The number of hydrogen-bond donors (Lipinski definition) is 0. The van der Waals surface area contributed by atoms with Crippen LogP contribution in [0.3, 0.4) is 0 Å². The van der Waals surface area contributed by atoms with Crippen molar-refractivity contribution in [2.24, 2.45) is 0 Å². The van der Waals surface area contributed by atoms with Gasteiger partial charge in [0.2, 0.25) is 0 Å². The Kier molecular flexibility index (Phi) is 9.26. The third-order valence-corrected chi connectivity index (χ3v) is 4.29. The van der Waals surface area contributed by atoms with Crippen molar-refractivity contribution in [3.05, 3.63) is 35.1 Å². The third-order valence-electron chi connectivity index (χ3n) is 4.29. The zero-order valence-corrected chi connectivity index (χ0v) is 13.9. The predicted molar refractivity (Wildman–Crippen MR) is 87.0 cm³/mol. The molecule has 0 aliphatic rings. The Morgan fingerprint density at radius 2 is 1.50 bits per heavy atom. The molecular formula is C19H29F3. The van der Waals surface area contributed by atoms with Gasteiger partial charge in [-0.2, -0.15) is 0 Å². The Morgan fingerprint density at radius 3 is 2.14 bits per heavy atom. The molecule has 0 aliphatic heterocycles. The van der Waals surface area contributed by atoms with Crippen molar-refractivity contribution in [2.45, 2.75) is 84.0 Å². The van der Waals surface area contributed by atoms with Crippen molar-refractivity contribution < 1.29 is 13.2 Å². The standard InChI is InChI=1S/C19H29F3/c1-3-5-7-8-9-11-15(10-6-4-2)16-12-13-18(20)17(14-16)19(21)22/h12-15,19H,3-11H2,1-2H3. The largest absolute Gasteiger partial charge is 0.266 e. The number of alkyl halides is 2. The van der Waals surface area contributed by atoms with Crippen LogP contribution in [0.2, 0.25) is 0 Å². The van der Waals surface area contributed by atoms with Crippen LogP contribution in [0.1, 0.15) is 95.1 Å². The first-order chi connectivity index (χ1) is 10.6. The monoisotopic (exact) mass is 314 g/mol. The molecule has 126 valence electrons. The molecule has 0 aromatic heterocycles. The number of halogens is 3. The summed E-state index contributed by atoms with van der Waals surface area (Å²) in [6.07, 6.45) is 7.47. The molecule has 0 heterocycles. The van der Waals surface area contributed by atoms with E-state index in [4.69, 9.17) is 0 Å². The predicted octanol–water partition coefficient (Wildman–Crippen LogP) is 7.40. The van der Waals surface area contributed by atoms with E-state index in [1.165, 1.54) is 37.8 Å². The van der Waals surface area contributed by atoms with Crippen molar-refractivity contribution >= 4 is 0 Å². The van der Waals surface area contributed by atoms with Crippen molar-refractivity contribution in [2.75, 3.05) is 0 Å². The lowest BCUT2D eigenvalue weighted by atomic mass is 9.87. The third kappa shape index (κ3) is 6.41. The fourth-order valence-electron chi connectivity index (χ4n) is 2.91. The van der Waals surface area contributed by atoms with Crippen LogP contribution in [-0.4, -0.2) is 0 Å². The van der Waals surface area contributed by atoms with Crippen LogP contribution < -0.4 is 0 Å². The Morgan fingerprint density at radius 1 is 0.864 bits per heavy atom. The first-order valence-electron chi connectivity index (χ1n) is 8.67. The van der Waals surface area contributed by atoms with Crippen molar-refractivity contribution in [1.29, 1.82) is 0 Å². The van der Waals surface area contributed by atoms with Crippen LogP contribution in [0.25, 0.3) is 0 Å². The van der Waals surface area contributed by atoms with Crippen LogP contribution >= 0.6 is 0 Å². The smallest absolute Gasteiger partial charge is 0.206 e. The number of benzene rings is 1. The summed E-state index contributed by atoms with van der Waals surface area (Å²) in [5, 5.41) is 0. The fraction of sp³-hybridized carbons (Fsp3) is 0.684. The van der Waals surface area contributed by atoms with Crippen LogP contribution in [-0.2, 0) is 0 Å². The summed E-state index contributed by atoms with van der Waals surface area (Å²) >= 11 is 0. The summed E-state index contributed by atoms with van der Waals surface area (Å²) in [6, 6.07) is 4.27. The van der Waals surface area contributed by atoms with E-state index in [-0.39, 0.29) is 5.92 Å². The molecule has 1 unspecified atom stereocenters. The van der Waals surface area contributed by atoms with E-state index in [9.17, 15) is 13.2 Å². The number of hydrogen-bond acceptors (Lipinski definition) is 0. The quantitative estimate of drug-likeness (QED) is 0.373. The average molecular weight is 314 g/mol. The van der Waals surface area contributed by atoms with Gasteiger partial charge in [-0.3, -0.25) is 0 Å². The van der Waals surface area contributed by atoms with Gasteiger partial charge in [-0.15, -0.1) is 0 Å². The Balaban J connectivity index is 2.71. The minimum absolute atomic E-state index is 0.277. The van der Waals surface area contributed by atoms with E-state index in [1.54, 1.807) is 6.07 Å². The molecule has 1 aromatic carbocycles. The van der Waals surface area contributed by atoms with Crippen LogP contribution in [0, 0.1) is 5.82 Å². The molecule has 22 heavy (non-hydrogen) atoms. The van der Waals surface area contributed by atoms with E-state index in [0.29, 0.717) is 0 Å². The Bertz CT molecular complexity index is 415. The van der Waals surface area contributed by atoms with Gasteiger partial charge in [0.25, 0.3) is 6.43 Å². The molecule has 0 spiro atoms. The molecule has 0 N–H and O–H groups in total. The second kappa shape index (κ2) is 10.7. The molecule has 1 rings (SSSR count). The highest BCUT2D eigenvalue weighted by molar-refractivity contribution is 5.28. The Hall–Kier alpha value is -0.990. The van der Waals surface area contributed by atoms with Crippen molar-refractivity contribution in [3.8, 4) is 0 Å². The molecular weight excluding hydrogens is 285 g/mol. The zero-order chi connectivity index (χ0) is 16.4. The molecule has 0 saturated carbocycles. The maximum absolute atomic E-state index is 13.4. The molecule has 0 fully saturated rings.